The van der Waals surface area contributed by atoms with Crippen LogP contribution in [0.15, 0.2) is 45.6 Å². The average Bonchev–Trinajstić information content (AvgIpc) is 2.69. The quantitative estimate of drug-likeness (QED) is 0.614. The van der Waals surface area contributed by atoms with Crippen molar-refractivity contribution in [1.82, 2.24) is 0 Å². The Hall–Kier alpha value is -2.75. The Morgan fingerprint density at radius 3 is 2.78 bits per heavy atom. The van der Waals surface area contributed by atoms with Crippen LogP contribution in [0.2, 0.25) is 0 Å². The molecule has 4 nitrogen and oxygen atoms in total. The summed E-state index contributed by atoms with van der Waals surface area (Å²) in [5.74, 6) is 0.849. The maximum absolute atomic E-state index is 12.0. The van der Waals surface area contributed by atoms with Gasteiger partial charge in [-0.15, -0.1) is 0 Å². The second kappa shape index (κ2) is 7.10. The van der Waals surface area contributed by atoms with Gasteiger partial charge in [0.2, 0.25) is 0 Å². The lowest BCUT2D eigenvalue weighted by molar-refractivity contribution is 0.287. The second-order valence-electron chi connectivity index (χ2n) is 7.20. The molecule has 0 saturated heterocycles. The van der Waals surface area contributed by atoms with Crippen LogP contribution in [-0.4, -0.2) is 6.73 Å². The number of benzene rings is 2. The monoisotopic (exact) mass is 363 g/mol. The Labute approximate surface area is 159 Å². The van der Waals surface area contributed by atoms with Gasteiger partial charge in [-0.2, -0.15) is 0 Å². The molecule has 0 radical (unpaired) electrons. The maximum Gasteiger partial charge on any atom is 0.336 e. The molecule has 1 aliphatic rings. The third-order valence-corrected chi connectivity index (χ3v) is 5.31. The molecule has 4 heteroatoms. The summed E-state index contributed by atoms with van der Waals surface area (Å²) < 4.78 is 11.6. The lowest BCUT2D eigenvalue weighted by atomic mass is 9.98. The zero-order valence-corrected chi connectivity index (χ0v) is 16.2. The molecule has 2 aromatic carbocycles. The number of fused-ring (bicyclic) bond motifs is 2. The van der Waals surface area contributed by atoms with Gasteiger partial charge >= 0.3 is 5.63 Å². The van der Waals surface area contributed by atoms with E-state index in [4.69, 9.17) is 9.15 Å². The highest BCUT2D eigenvalue weighted by atomic mass is 16.5. The minimum absolute atomic E-state index is 0.289. The Morgan fingerprint density at radius 2 is 2.00 bits per heavy atom. The first-order valence-corrected chi connectivity index (χ1v) is 9.66. The Kier molecular flexibility index (Phi) is 4.65. The molecule has 140 valence electrons. The predicted octanol–water partition coefficient (Wildman–Crippen LogP) is 4.97. The summed E-state index contributed by atoms with van der Waals surface area (Å²) in [4.78, 5) is 14.2. The van der Waals surface area contributed by atoms with Crippen molar-refractivity contribution in [2.45, 2.75) is 46.6 Å². The minimum atomic E-state index is -0.289. The molecule has 0 aliphatic carbocycles. The highest BCUT2D eigenvalue weighted by Gasteiger charge is 2.23. The Balaban J connectivity index is 1.79. The number of nitrogens with zero attached hydrogens (tertiary/aromatic N) is 1. The summed E-state index contributed by atoms with van der Waals surface area (Å²) in [5.41, 5.74) is 5.97. The maximum atomic E-state index is 12.0. The van der Waals surface area contributed by atoms with Crippen molar-refractivity contribution in [3.63, 3.8) is 0 Å². The molecular formula is C23H25NO3. The second-order valence-corrected chi connectivity index (χ2v) is 7.20. The van der Waals surface area contributed by atoms with E-state index in [9.17, 15) is 4.79 Å². The number of hydrogen-bond donors (Lipinski definition) is 0. The largest absolute Gasteiger partial charge is 0.472 e. The molecule has 1 aliphatic heterocycles. The fourth-order valence-electron chi connectivity index (χ4n) is 3.90. The molecule has 0 fully saturated rings. The van der Waals surface area contributed by atoms with E-state index >= 15 is 0 Å². The number of aryl methyl sites for hydroxylation is 3. The van der Waals surface area contributed by atoms with Crippen LogP contribution in [0.3, 0.4) is 0 Å². The van der Waals surface area contributed by atoms with Crippen molar-refractivity contribution in [2.75, 3.05) is 11.6 Å². The topological polar surface area (TPSA) is 42.7 Å². The summed E-state index contributed by atoms with van der Waals surface area (Å²) in [6, 6.07) is 12.4. The van der Waals surface area contributed by atoms with E-state index in [0.717, 1.165) is 53.6 Å². The van der Waals surface area contributed by atoms with Crippen LogP contribution in [0.25, 0.3) is 11.0 Å². The van der Waals surface area contributed by atoms with Crippen molar-refractivity contribution in [3.8, 4) is 5.75 Å². The summed E-state index contributed by atoms with van der Waals surface area (Å²) in [7, 11) is 0. The molecule has 0 atom stereocenters. The molecular weight excluding hydrogens is 338 g/mol. The molecule has 0 bridgehead atoms. The first-order chi connectivity index (χ1) is 13.1. The third-order valence-electron chi connectivity index (χ3n) is 5.31. The van der Waals surface area contributed by atoms with Crippen LogP contribution in [0.5, 0.6) is 5.75 Å². The average molecular weight is 363 g/mol. The molecule has 0 amide bonds. The van der Waals surface area contributed by atoms with Crippen LogP contribution < -0.4 is 15.3 Å². The van der Waals surface area contributed by atoms with Gasteiger partial charge in [0.05, 0.1) is 0 Å². The van der Waals surface area contributed by atoms with Crippen molar-refractivity contribution >= 4 is 16.7 Å². The van der Waals surface area contributed by atoms with E-state index in [1.54, 1.807) is 6.07 Å². The molecule has 0 N–H and O–H groups in total. The van der Waals surface area contributed by atoms with Gasteiger partial charge in [-0.05, 0) is 49.1 Å². The van der Waals surface area contributed by atoms with Crippen LogP contribution >= 0.6 is 0 Å². The smallest absolute Gasteiger partial charge is 0.336 e. The molecule has 3 aromatic rings. The number of anilines is 1. The third kappa shape index (κ3) is 3.20. The number of rotatable bonds is 4. The zero-order chi connectivity index (χ0) is 19.0. The standard InChI is InChI=1S/C23H25NO3/c1-4-7-17-12-21(25)27-23-15(3)22-18(11-20(17)23)13-24(14-26-22)19-9-6-8-16(5-2)10-19/h6,8-12H,4-5,7,13-14H2,1-3H3. The fraction of sp³-hybridized carbons (Fsp3) is 0.348. The van der Waals surface area contributed by atoms with E-state index in [1.807, 2.05) is 6.92 Å². The summed E-state index contributed by atoms with van der Waals surface area (Å²) in [6.07, 6.45) is 2.87. The van der Waals surface area contributed by atoms with Crippen LogP contribution in [0.4, 0.5) is 5.69 Å². The van der Waals surface area contributed by atoms with E-state index in [2.05, 4.69) is 49.1 Å². The van der Waals surface area contributed by atoms with Gasteiger partial charge in [-0.25, -0.2) is 4.79 Å². The van der Waals surface area contributed by atoms with Crippen molar-refractivity contribution in [2.24, 2.45) is 0 Å². The molecule has 1 aromatic heterocycles. The summed E-state index contributed by atoms with van der Waals surface area (Å²) in [5, 5.41) is 1.03. The normalized spacial score (nSPS) is 13.5. The first-order valence-electron chi connectivity index (χ1n) is 9.66. The van der Waals surface area contributed by atoms with E-state index in [1.165, 1.54) is 11.3 Å². The number of hydrogen-bond acceptors (Lipinski definition) is 4. The van der Waals surface area contributed by atoms with Crippen LogP contribution in [0.1, 0.15) is 42.5 Å². The SMILES string of the molecule is CCCc1cc(=O)oc2c(C)c3c(cc12)CN(c1cccc(CC)c1)CO3. The van der Waals surface area contributed by atoms with Crippen LogP contribution in [-0.2, 0) is 19.4 Å². The van der Waals surface area contributed by atoms with Crippen LogP contribution in [0, 0.1) is 6.92 Å². The molecule has 0 unspecified atom stereocenters. The van der Waals surface area contributed by atoms with Gasteiger partial charge in [0.25, 0.3) is 0 Å². The Bertz CT molecular complexity index is 1050. The summed E-state index contributed by atoms with van der Waals surface area (Å²) in [6.45, 7) is 7.54. The van der Waals surface area contributed by atoms with E-state index < -0.39 is 0 Å². The Morgan fingerprint density at radius 1 is 1.15 bits per heavy atom. The molecule has 0 saturated carbocycles. The van der Waals surface area contributed by atoms with Gasteiger partial charge < -0.3 is 14.1 Å². The highest BCUT2D eigenvalue weighted by Crippen LogP contribution is 2.37. The molecule has 2 heterocycles. The lowest BCUT2D eigenvalue weighted by Gasteiger charge is -2.32. The van der Waals surface area contributed by atoms with Gasteiger partial charge in [0.1, 0.15) is 11.3 Å². The van der Waals surface area contributed by atoms with Gasteiger partial charge in [-0.1, -0.05) is 32.4 Å². The van der Waals surface area contributed by atoms with Crippen molar-refractivity contribution in [3.05, 3.63) is 69.1 Å². The van der Waals surface area contributed by atoms with Gasteiger partial charge in [0.15, 0.2) is 6.73 Å². The summed E-state index contributed by atoms with van der Waals surface area (Å²) >= 11 is 0. The minimum Gasteiger partial charge on any atom is -0.472 e. The van der Waals surface area contributed by atoms with E-state index in [-0.39, 0.29) is 5.63 Å². The first kappa shape index (κ1) is 17.7. The molecule has 4 rings (SSSR count). The van der Waals surface area contributed by atoms with Gasteiger partial charge in [0, 0.05) is 34.8 Å². The fourth-order valence-corrected chi connectivity index (χ4v) is 3.90. The van der Waals surface area contributed by atoms with E-state index in [0.29, 0.717) is 12.3 Å². The van der Waals surface area contributed by atoms with Crippen molar-refractivity contribution < 1.29 is 9.15 Å². The number of ether oxygens (including phenoxy) is 1. The van der Waals surface area contributed by atoms with Crippen molar-refractivity contribution in [1.29, 1.82) is 0 Å². The lowest BCUT2D eigenvalue weighted by Crippen LogP contribution is -2.32. The molecule has 27 heavy (non-hydrogen) atoms. The highest BCUT2D eigenvalue weighted by molar-refractivity contribution is 5.86. The molecule has 0 spiro atoms. The predicted molar refractivity (Wildman–Crippen MR) is 109 cm³/mol. The van der Waals surface area contributed by atoms with Gasteiger partial charge in [-0.3, -0.25) is 0 Å². The zero-order valence-electron chi connectivity index (χ0n) is 16.2.